The third kappa shape index (κ3) is 2.10. The number of aromatic nitrogens is 2. The monoisotopic (exact) mass is 254 g/mol. The number of hydrogen-bond acceptors (Lipinski definition) is 2. The average Bonchev–Trinajstić information content (AvgIpc) is 2.64. The summed E-state index contributed by atoms with van der Waals surface area (Å²) in [5.74, 6) is -0.0601. The molecule has 0 atom stereocenters. The third-order valence-corrected chi connectivity index (χ3v) is 2.66. The van der Waals surface area contributed by atoms with Crippen LogP contribution >= 0.6 is 23.2 Å². The van der Waals surface area contributed by atoms with Gasteiger partial charge in [0.2, 0.25) is 0 Å². The molecule has 0 fully saturated rings. The summed E-state index contributed by atoms with van der Waals surface area (Å²) in [6.07, 6.45) is 3.20. The maximum Gasteiger partial charge on any atom is 0.161 e. The van der Waals surface area contributed by atoms with Gasteiger partial charge in [-0.2, -0.15) is 5.10 Å². The van der Waals surface area contributed by atoms with Crippen molar-refractivity contribution in [3.63, 3.8) is 0 Å². The Balaban J connectivity index is 2.45. The van der Waals surface area contributed by atoms with Gasteiger partial charge in [-0.3, -0.25) is 4.79 Å². The third-order valence-electron chi connectivity index (χ3n) is 2.15. The Labute approximate surface area is 103 Å². The topological polar surface area (TPSA) is 34.9 Å². The molecular weight excluding hydrogens is 247 g/mol. The van der Waals surface area contributed by atoms with Crippen molar-refractivity contribution in [3.05, 3.63) is 46.2 Å². The van der Waals surface area contributed by atoms with Crippen molar-refractivity contribution in [3.8, 4) is 5.69 Å². The largest absolute Gasteiger partial charge is 0.294 e. The van der Waals surface area contributed by atoms with Gasteiger partial charge in [0.05, 0.1) is 21.9 Å². The van der Waals surface area contributed by atoms with Crippen molar-refractivity contribution in [2.75, 3.05) is 0 Å². The number of Topliss-reactive ketones (excluding diaryl/α,β-unsaturated/α-hetero) is 1. The van der Waals surface area contributed by atoms with E-state index >= 15 is 0 Å². The number of benzene rings is 1. The van der Waals surface area contributed by atoms with Crippen LogP contribution in [0.1, 0.15) is 17.3 Å². The van der Waals surface area contributed by atoms with Gasteiger partial charge in [0.15, 0.2) is 5.78 Å². The molecule has 16 heavy (non-hydrogen) atoms. The second-order valence-electron chi connectivity index (χ2n) is 3.32. The Hall–Kier alpha value is -1.32. The number of hydrogen-bond donors (Lipinski definition) is 0. The molecule has 1 aromatic heterocycles. The normalized spacial score (nSPS) is 10.4. The van der Waals surface area contributed by atoms with Gasteiger partial charge in [0, 0.05) is 11.8 Å². The Kier molecular flexibility index (Phi) is 2.99. The van der Waals surface area contributed by atoms with Crippen LogP contribution in [0, 0.1) is 0 Å². The van der Waals surface area contributed by atoms with Crippen LogP contribution in [0.4, 0.5) is 0 Å². The Bertz CT molecular complexity index is 549. The molecule has 1 aromatic carbocycles. The molecule has 0 saturated carbocycles. The standard InChI is InChI=1S/C11H8Cl2N2O/c1-7(16)10-3-2-9(4-11(10)13)15-6-8(12)5-14-15/h2-6H,1H3. The number of halogens is 2. The number of rotatable bonds is 2. The van der Waals surface area contributed by atoms with E-state index in [1.54, 1.807) is 29.1 Å². The Morgan fingerprint density at radius 3 is 2.62 bits per heavy atom. The van der Waals surface area contributed by atoms with Crippen molar-refractivity contribution >= 4 is 29.0 Å². The predicted molar refractivity (Wildman–Crippen MR) is 63.6 cm³/mol. The smallest absolute Gasteiger partial charge is 0.161 e. The Morgan fingerprint density at radius 1 is 1.38 bits per heavy atom. The van der Waals surface area contributed by atoms with Crippen molar-refractivity contribution in [1.82, 2.24) is 9.78 Å². The second kappa shape index (κ2) is 4.28. The summed E-state index contributed by atoms with van der Waals surface area (Å²) >= 11 is 11.7. The minimum atomic E-state index is -0.0601. The van der Waals surface area contributed by atoms with E-state index in [0.717, 1.165) is 5.69 Å². The minimum Gasteiger partial charge on any atom is -0.294 e. The van der Waals surface area contributed by atoms with Crippen LogP contribution in [0.5, 0.6) is 0 Å². The van der Waals surface area contributed by atoms with Crippen molar-refractivity contribution in [1.29, 1.82) is 0 Å². The molecule has 0 amide bonds. The first-order chi connectivity index (χ1) is 7.58. The number of ketones is 1. The Morgan fingerprint density at radius 2 is 2.12 bits per heavy atom. The molecule has 0 N–H and O–H groups in total. The minimum absolute atomic E-state index is 0.0601. The van der Waals surface area contributed by atoms with Crippen LogP contribution in [0.25, 0.3) is 5.69 Å². The summed E-state index contributed by atoms with van der Waals surface area (Å²) in [4.78, 5) is 11.2. The maximum atomic E-state index is 11.2. The number of nitrogens with zero attached hydrogens (tertiary/aromatic N) is 2. The molecule has 3 nitrogen and oxygen atoms in total. The van der Waals surface area contributed by atoms with Gasteiger partial charge >= 0.3 is 0 Å². The molecule has 0 spiro atoms. The predicted octanol–water partition coefficient (Wildman–Crippen LogP) is 3.38. The summed E-state index contributed by atoms with van der Waals surface area (Å²) in [5, 5.41) is 5.00. The highest BCUT2D eigenvalue weighted by molar-refractivity contribution is 6.34. The van der Waals surface area contributed by atoms with Crippen molar-refractivity contribution in [2.45, 2.75) is 6.92 Å². The molecule has 0 aliphatic carbocycles. The van der Waals surface area contributed by atoms with Gasteiger partial charge in [0.25, 0.3) is 0 Å². The van der Waals surface area contributed by atoms with Crippen LogP contribution in [0.2, 0.25) is 10.0 Å². The zero-order chi connectivity index (χ0) is 11.7. The molecule has 0 saturated heterocycles. The molecule has 0 aliphatic rings. The van der Waals surface area contributed by atoms with Gasteiger partial charge in [-0.15, -0.1) is 0 Å². The zero-order valence-corrected chi connectivity index (χ0v) is 9.96. The summed E-state index contributed by atoms with van der Waals surface area (Å²) in [5.41, 5.74) is 1.27. The number of carbonyl (C=O) groups is 1. The molecule has 5 heteroatoms. The van der Waals surface area contributed by atoms with Crippen LogP contribution in [-0.4, -0.2) is 15.6 Å². The first-order valence-electron chi connectivity index (χ1n) is 4.59. The van der Waals surface area contributed by atoms with Crippen LogP contribution in [0.3, 0.4) is 0 Å². The highest BCUT2D eigenvalue weighted by Gasteiger charge is 2.07. The lowest BCUT2D eigenvalue weighted by Gasteiger charge is -2.04. The van der Waals surface area contributed by atoms with Crippen LogP contribution < -0.4 is 0 Å². The summed E-state index contributed by atoms with van der Waals surface area (Å²) < 4.78 is 1.60. The van der Waals surface area contributed by atoms with Gasteiger partial charge in [-0.1, -0.05) is 23.2 Å². The van der Waals surface area contributed by atoms with E-state index in [2.05, 4.69) is 5.10 Å². The molecule has 0 aliphatic heterocycles. The van der Waals surface area contributed by atoms with Crippen LogP contribution in [-0.2, 0) is 0 Å². The summed E-state index contributed by atoms with van der Waals surface area (Å²) in [6.45, 7) is 1.48. The second-order valence-corrected chi connectivity index (χ2v) is 4.17. The van der Waals surface area contributed by atoms with Gasteiger partial charge < -0.3 is 0 Å². The highest BCUT2D eigenvalue weighted by atomic mass is 35.5. The fourth-order valence-corrected chi connectivity index (χ4v) is 1.82. The van der Waals surface area contributed by atoms with E-state index in [1.807, 2.05) is 0 Å². The summed E-state index contributed by atoms with van der Waals surface area (Å²) in [6, 6.07) is 5.13. The lowest BCUT2D eigenvalue weighted by molar-refractivity contribution is 0.101. The van der Waals surface area contributed by atoms with Gasteiger partial charge in [0.1, 0.15) is 0 Å². The average molecular weight is 255 g/mol. The first kappa shape index (κ1) is 11.2. The molecule has 82 valence electrons. The van der Waals surface area contributed by atoms with E-state index in [1.165, 1.54) is 13.1 Å². The zero-order valence-electron chi connectivity index (χ0n) is 8.45. The highest BCUT2D eigenvalue weighted by Crippen LogP contribution is 2.21. The van der Waals surface area contributed by atoms with E-state index in [4.69, 9.17) is 23.2 Å². The van der Waals surface area contributed by atoms with E-state index in [-0.39, 0.29) is 5.78 Å². The van der Waals surface area contributed by atoms with E-state index < -0.39 is 0 Å². The molecule has 0 unspecified atom stereocenters. The maximum absolute atomic E-state index is 11.2. The molecule has 0 radical (unpaired) electrons. The summed E-state index contributed by atoms with van der Waals surface area (Å²) in [7, 11) is 0. The van der Waals surface area contributed by atoms with E-state index in [9.17, 15) is 4.79 Å². The fraction of sp³-hybridized carbons (Fsp3) is 0.0909. The van der Waals surface area contributed by atoms with Crippen LogP contribution in [0.15, 0.2) is 30.6 Å². The first-order valence-corrected chi connectivity index (χ1v) is 5.34. The molecule has 1 heterocycles. The molecular formula is C11H8Cl2N2O. The lowest BCUT2D eigenvalue weighted by Crippen LogP contribution is -1.98. The lowest BCUT2D eigenvalue weighted by atomic mass is 10.1. The van der Waals surface area contributed by atoms with Crippen molar-refractivity contribution in [2.24, 2.45) is 0 Å². The molecule has 2 aromatic rings. The van der Waals surface area contributed by atoms with Gasteiger partial charge in [-0.25, -0.2) is 4.68 Å². The SMILES string of the molecule is CC(=O)c1ccc(-n2cc(Cl)cn2)cc1Cl. The fourth-order valence-electron chi connectivity index (χ4n) is 1.37. The van der Waals surface area contributed by atoms with E-state index in [0.29, 0.717) is 15.6 Å². The number of carbonyl (C=O) groups excluding carboxylic acids is 1. The quantitative estimate of drug-likeness (QED) is 0.771. The van der Waals surface area contributed by atoms with Crippen molar-refractivity contribution < 1.29 is 4.79 Å². The molecule has 0 bridgehead atoms. The molecule has 2 rings (SSSR count). The van der Waals surface area contributed by atoms with Gasteiger partial charge in [-0.05, 0) is 25.1 Å².